The average Bonchev–Trinajstić information content (AvgIpc) is 2.30. The van der Waals surface area contributed by atoms with Crippen molar-refractivity contribution in [3.05, 3.63) is 34.3 Å². The van der Waals surface area contributed by atoms with Crippen LogP contribution in [0.25, 0.3) is 0 Å². The zero-order chi connectivity index (χ0) is 11.8. The van der Waals surface area contributed by atoms with Crippen LogP contribution >= 0.6 is 11.6 Å². The van der Waals surface area contributed by atoms with E-state index in [-0.39, 0.29) is 0 Å². The summed E-state index contributed by atoms with van der Waals surface area (Å²) >= 11 is 6.17. The molecule has 0 amide bonds. The van der Waals surface area contributed by atoms with E-state index in [1.165, 1.54) is 24.0 Å². The summed E-state index contributed by atoms with van der Waals surface area (Å²) in [4.78, 5) is 0. The van der Waals surface area contributed by atoms with Gasteiger partial charge in [0.1, 0.15) is 0 Å². The molecule has 0 aliphatic heterocycles. The van der Waals surface area contributed by atoms with E-state index in [1.807, 2.05) is 6.07 Å². The lowest BCUT2D eigenvalue weighted by atomic mass is 10.1. The molecule has 1 rings (SSSR count). The SMILES string of the molecule is CCCCc1ccc(Cl)c(CNCCC)c1. The van der Waals surface area contributed by atoms with Crippen LogP contribution in [0.15, 0.2) is 18.2 Å². The predicted octanol–water partition coefficient (Wildman–Crippen LogP) is 4.18. The highest BCUT2D eigenvalue weighted by Crippen LogP contribution is 2.18. The van der Waals surface area contributed by atoms with E-state index >= 15 is 0 Å². The molecule has 0 radical (unpaired) electrons. The molecule has 1 N–H and O–H groups in total. The molecule has 16 heavy (non-hydrogen) atoms. The third-order valence-electron chi connectivity index (χ3n) is 2.67. The zero-order valence-electron chi connectivity index (χ0n) is 10.4. The van der Waals surface area contributed by atoms with Gasteiger partial charge in [-0.3, -0.25) is 0 Å². The molecule has 1 aromatic rings. The number of hydrogen-bond acceptors (Lipinski definition) is 1. The molecule has 1 nitrogen and oxygen atoms in total. The van der Waals surface area contributed by atoms with E-state index in [0.29, 0.717) is 0 Å². The Balaban J connectivity index is 2.59. The molecular formula is C14H22ClN. The van der Waals surface area contributed by atoms with Gasteiger partial charge < -0.3 is 5.32 Å². The van der Waals surface area contributed by atoms with Crippen molar-refractivity contribution in [3.63, 3.8) is 0 Å². The molecule has 0 aliphatic carbocycles. The Morgan fingerprint density at radius 1 is 1.19 bits per heavy atom. The smallest absolute Gasteiger partial charge is 0.0451 e. The van der Waals surface area contributed by atoms with Crippen molar-refractivity contribution in [1.29, 1.82) is 0 Å². The molecule has 90 valence electrons. The average molecular weight is 240 g/mol. The van der Waals surface area contributed by atoms with Crippen LogP contribution in [0.4, 0.5) is 0 Å². The van der Waals surface area contributed by atoms with Crippen LogP contribution in [0, 0.1) is 0 Å². The lowest BCUT2D eigenvalue weighted by Crippen LogP contribution is -2.14. The quantitative estimate of drug-likeness (QED) is 0.704. The van der Waals surface area contributed by atoms with Gasteiger partial charge in [0.05, 0.1) is 0 Å². The molecule has 0 unspecified atom stereocenters. The maximum Gasteiger partial charge on any atom is 0.0451 e. The second kappa shape index (κ2) is 7.70. The number of benzene rings is 1. The highest BCUT2D eigenvalue weighted by Gasteiger charge is 2.01. The standard InChI is InChI=1S/C14H22ClN/c1-3-5-6-12-7-8-14(15)13(10-12)11-16-9-4-2/h7-8,10,16H,3-6,9,11H2,1-2H3. The van der Waals surface area contributed by atoms with Crippen LogP contribution in [0.1, 0.15) is 44.2 Å². The van der Waals surface area contributed by atoms with Crippen molar-refractivity contribution >= 4 is 11.6 Å². The molecule has 0 saturated heterocycles. The molecule has 0 heterocycles. The van der Waals surface area contributed by atoms with Gasteiger partial charge >= 0.3 is 0 Å². The van der Waals surface area contributed by atoms with Gasteiger partial charge in [-0.15, -0.1) is 0 Å². The van der Waals surface area contributed by atoms with Gasteiger partial charge in [-0.1, -0.05) is 44.0 Å². The summed E-state index contributed by atoms with van der Waals surface area (Å²) in [5, 5.41) is 4.27. The van der Waals surface area contributed by atoms with Crippen LogP contribution in [0.3, 0.4) is 0 Å². The Labute approximate surface area is 104 Å². The van der Waals surface area contributed by atoms with Gasteiger partial charge in [0, 0.05) is 11.6 Å². The van der Waals surface area contributed by atoms with Crippen molar-refractivity contribution in [2.45, 2.75) is 46.1 Å². The van der Waals surface area contributed by atoms with E-state index in [1.54, 1.807) is 0 Å². The van der Waals surface area contributed by atoms with E-state index in [2.05, 4.69) is 31.3 Å². The Kier molecular flexibility index (Phi) is 6.51. The van der Waals surface area contributed by atoms with Crippen LogP contribution in [-0.2, 0) is 13.0 Å². The Hall–Kier alpha value is -0.530. The van der Waals surface area contributed by atoms with Crippen molar-refractivity contribution in [1.82, 2.24) is 5.32 Å². The fraction of sp³-hybridized carbons (Fsp3) is 0.571. The maximum absolute atomic E-state index is 6.17. The molecule has 0 aromatic heterocycles. The molecule has 0 atom stereocenters. The number of rotatable bonds is 7. The maximum atomic E-state index is 6.17. The first-order valence-electron chi connectivity index (χ1n) is 6.26. The summed E-state index contributed by atoms with van der Waals surface area (Å²) in [5.41, 5.74) is 2.63. The fourth-order valence-corrected chi connectivity index (χ4v) is 1.88. The van der Waals surface area contributed by atoms with Crippen molar-refractivity contribution < 1.29 is 0 Å². The lowest BCUT2D eigenvalue weighted by molar-refractivity contribution is 0.674. The molecule has 0 aliphatic rings. The minimum Gasteiger partial charge on any atom is -0.313 e. The van der Waals surface area contributed by atoms with Crippen LogP contribution in [0.5, 0.6) is 0 Å². The van der Waals surface area contributed by atoms with E-state index in [4.69, 9.17) is 11.6 Å². The summed E-state index contributed by atoms with van der Waals surface area (Å²) in [5.74, 6) is 0. The Morgan fingerprint density at radius 2 is 2.00 bits per heavy atom. The minimum absolute atomic E-state index is 0.879. The van der Waals surface area contributed by atoms with Crippen molar-refractivity contribution in [3.8, 4) is 0 Å². The third kappa shape index (κ3) is 4.54. The van der Waals surface area contributed by atoms with Crippen molar-refractivity contribution in [2.24, 2.45) is 0 Å². The summed E-state index contributed by atoms with van der Waals surface area (Å²) in [7, 11) is 0. The molecule has 0 saturated carbocycles. The fourth-order valence-electron chi connectivity index (χ4n) is 1.70. The Morgan fingerprint density at radius 3 is 2.69 bits per heavy atom. The molecule has 0 fully saturated rings. The monoisotopic (exact) mass is 239 g/mol. The first-order valence-corrected chi connectivity index (χ1v) is 6.63. The topological polar surface area (TPSA) is 12.0 Å². The summed E-state index contributed by atoms with van der Waals surface area (Å²) in [6.45, 7) is 6.33. The number of nitrogens with one attached hydrogen (secondary N) is 1. The van der Waals surface area contributed by atoms with Gasteiger partial charge in [-0.25, -0.2) is 0 Å². The van der Waals surface area contributed by atoms with Crippen LogP contribution in [0.2, 0.25) is 5.02 Å². The number of hydrogen-bond donors (Lipinski definition) is 1. The molecular weight excluding hydrogens is 218 g/mol. The van der Waals surface area contributed by atoms with Crippen LogP contribution in [-0.4, -0.2) is 6.54 Å². The van der Waals surface area contributed by atoms with E-state index in [9.17, 15) is 0 Å². The predicted molar refractivity (Wildman–Crippen MR) is 72.1 cm³/mol. The minimum atomic E-state index is 0.879. The summed E-state index contributed by atoms with van der Waals surface area (Å²) < 4.78 is 0. The van der Waals surface area contributed by atoms with E-state index < -0.39 is 0 Å². The number of halogens is 1. The number of unbranched alkanes of at least 4 members (excludes halogenated alkanes) is 1. The number of aryl methyl sites for hydroxylation is 1. The Bertz CT molecular complexity index is 310. The molecule has 2 heteroatoms. The van der Waals surface area contributed by atoms with Gasteiger partial charge in [0.2, 0.25) is 0 Å². The van der Waals surface area contributed by atoms with Crippen molar-refractivity contribution in [2.75, 3.05) is 6.54 Å². The van der Waals surface area contributed by atoms with Gasteiger partial charge in [-0.05, 0) is 43.0 Å². The largest absolute Gasteiger partial charge is 0.313 e. The first kappa shape index (κ1) is 13.5. The molecule has 1 aromatic carbocycles. The molecule has 0 bridgehead atoms. The van der Waals surface area contributed by atoms with Gasteiger partial charge in [0.15, 0.2) is 0 Å². The van der Waals surface area contributed by atoms with Gasteiger partial charge in [0.25, 0.3) is 0 Å². The lowest BCUT2D eigenvalue weighted by Gasteiger charge is -2.08. The highest BCUT2D eigenvalue weighted by molar-refractivity contribution is 6.31. The second-order valence-electron chi connectivity index (χ2n) is 4.21. The van der Waals surface area contributed by atoms with Gasteiger partial charge in [-0.2, -0.15) is 0 Å². The normalized spacial score (nSPS) is 10.7. The zero-order valence-corrected chi connectivity index (χ0v) is 11.1. The second-order valence-corrected chi connectivity index (χ2v) is 4.61. The highest BCUT2D eigenvalue weighted by atomic mass is 35.5. The first-order chi connectivity index (χ1) is 7.77. The molecule has 0 spiro atoms. The summed E-state index contributed by atoms with van der Waals surface area (Å²) in [6, 6.07) is 6.40. The third-order valence-corrected chi connectivity index (χ3v) is 3.04. The van der Waals surface area contributed by atoms with Crippen LogP contribution < -0.4 is 5.32 Å². The van der Waals surface area contributed by atoms with E-state index in [0.717, 1.165) is 31.0 Å². The summed E-state index contributed by atoms with van der Waals surface area (Å²) in [6.07, 6.45) is 4.82.